The summed E-state index contributed by atoms with van der Waals surface area (Å²) in [6.45, 7) is 0.535. The molecule has 16 heteroatoms. The molecule has 0 bridgehead atoms. The minimum atomic E-state index is -0.646. The summed E-state index contributed by atoms with van der Waals surface area (Å²) in [5, 5.41) is 15.8. The zero-order valence-corrected chi connectivity index (χ0v) is 32.1. The SMILES string of the molecule is COC(=O)N[C@H](C(=O)N1CCC[C@H]1c1ncc(-c2ccc3c(c2)Oc2ccc(-c4cnc([C@@H]5CCCN5C(=O)[C@@H](NC(=O)CO)C5CC5)[nH]4)c4ccn-3c24)[nH]1)C1CC1. The van der Waals surface area contributed by atoms with E-state index in [0.717, 1.165) is 90.5 Å². The van der Waals surface area contributed by atoms with E-state index in [1.807, 2.05) is 52.5 Å². The second-order valence-corrected chi connectivity index (χ2v) is 16.1. The van der Waals surface area contributed by atoms with Gasteiger partial charge in [-0.3, -0.25) is 14.4 Å². The van der Waals surface area contributed by atoms with E-state index in [-0.39, 0.29) is 35.7 Å². The minimum Gasteiger partial charge on any atom is -0.453 e. The fourth-order valence-electron chi connectivity index (χ4n) is 9.14. The van der Waals surface area contributed by atoms with Gasteiger partial charge in [-0.1, -0.05) is 6.07 Å². The third kappa shape index (κ3) is 6.35. The third-order valence-electron chi connectivity index (χ3n) is 12.4. The summed E-state index contributed by atoms with van der Waals surface area (Å²) in [6.07, 6.45) is 11.8. The normalized spacial score (nSPS) is 20.7. The van der Waals surface area contributed by atoms with Gasteiger partial charge >= 0.3 is 6.09 Å². The van der Waals surface area contributed by atoms with Gasteiger partial charge in [-0.15, -0.1) is 0 Å². The average Bonchev–Trinajstić information content (AvgIpc) is 3.82. The van der Waals surface area contributed by atoms with Gasteiger partial charge in [-0.05, 0) is 93.5 Å². The van der Waals surface area contributed by atoms with E-state index in [1.54, 1.807) is 6.20 Å². The number of ether oxygens (including phenoxy) is 2. The molecule has 300 valence electrons. The second-order valence-electron chi connectivity index (χ2n) is 16.1. The van der Waals surface area contributed by atoms with E-state index in [0.29, 0.717) is 36.2 Å². The molecule has 5 N–H and O–H groups in total. The summed E-state index contributed by atoms with van der Waals surface area (Å²) < 4.78 is 13.5. The molecule has 16 nitrogen and oxygen atoms in total. The number of likely N-dealkylation sites (tertiary alicyclic amines) is 2. The Balaban J connectivity index is 0.874. The number of aromatic amines is 2. The molecule has 4 atom stereocenters. The molecule has 0 unspecified atom stereocenters. The first-order chi connectivity index (χ1) is 28.3. The number of alkyl carbamates (subject to hydrolysis) is 1. The highest BCUT2D eigenvalue weighted by atomic mass is 16.5. The van der Waals surface area contributed by atoms with E-state index in [9.17, 15) is 24.3 Å². The molecule has 58 heavy (non-hydrogen) atoms. The van der Waals surface area contributed by atoms with Crippen molar-refractivity contribution >= 4 is 34.7 Å². The Kier molecular flexibility index (Phi) is 8.95. The maximum atomic E-state index is 13.7. The van der Waals surface area contributed by atoms with Crippen LogP contribution in [0.2, 0.25) is 0 Å². The van der Waals surface area contributed by atoms with Crippen molar-refractivity contribution in [2.45, 2.75) is 75.5 Å². The van der Waals surface area contributed by atoms with Crippen LogP contribution in [-0.2, 0) is 19.1 Å². The number of nitrogens with one attached hydrogen (secondary N) is 4. The first-order valence-corrected chi connectivity index (χ1v) is 20.2. The number of aliphatic hydroxyl groups excluding tert-OH is 1. The number of nitrogens with zero attached hydrogens (tertiary/aromatic N) is 5. The molecule has 2 saturated heterocycles. The lowest BCUT2D eigenvalue weighted by Gasteiger charge is -2.28. The Morgan fingerprint density at radius 2 is 1.47 bits per heavy atom. The predicted octanol–water partition coefficient (Wildman–Crippen LogP) is 4.87. The standard InChI is InChI=1S/C42H45N9O7/c1-57-42(56)48-36(23-8-9-23)41(55)51-16-2-4-30(51)38-43-19-27(45-38)24-10-12-29-33(18-24)58-32-13-11-25(26-14-17-49(29)37(26)32)28-20-44-39(46-28)31-5-3-15-50(31)40(54)35(22-6-7-22)47-34(53)21-52/h10-14,17-20,22-23,30-31,35-36,52H,2-9,15-16,21H2,1H3,(H,43,45)(H,44,46)(H,47,53)(H,48,56)/t30-,31-,35-,36-/m0/s1. The Morgan fingerprint density at radius 3 is 2.10 bits per heavy atom. The summed E-state index contributed by atoms with van der Waals surface area (Å²) in [5.74, 6) is 2.29. The van der Waals surface area contributed by atoms with Crippen LogP contribution in [0.3, 0.4) is 0 Å². The molecule has 2 aliphatic carbocycles. The molecule has 3 aliphatic heterocycles. The van der Waals surface area contributed by atoms with Crippen LogP contribution in [0.5, 0.6) is 11.5 Å². The van der Waals surface area contributed by atoms with Gasteiger partial charge in [-0.25, -0.2) is 14.8 Å². The molecule has 2 saturated carbocycles. The second kappa shape index (κ2) is 14.3. The van der Waals surface area contributed by atoms with Crippen LogP contribution in [0.25, 0.3) is 39.1 Å². The lowest BCUT2D eigenvalue weighted by atomic mass is 10.1. The van der Waals surface area contributed by atoms with Crippen LogP contribution in [0.1, 0.15) is 75.1 Å². The van der Waals surface area contributed by atoms with E-state index < -0.39 is 30.7 Å². The van der Waals surface area contributed by atoms with Gasteiger partial charge in [0.15, 0.2) is 11.5 Å². The molecule has 4 amide bonds. The Hall–Kier alpha value is -6.16. The third-order valence-corrected chi connectivity index (χ3v) is 12.4. The van der Waals surface area contributed by atoms with Crippen molar-refractivity contribution in [3.05, 3.63) is 66.6 Å². The van der Waals surface area contributed by atoms with Gasteiger partial charge in [0.05, 0.1) is 54.2 Å². The molecule has 4 fully saturated rings. The van der Waals surface area contributed by atoms with E-state index in [4.69, 9.17) is 19.4 Å². The predicted molar refractivity (Wildman–Crippen MR) is 210 cm³/mol. The monoisotopic (exact) mass is 787 g/mol. The van der Waals surface area contributed by atoms with Crippen LogP contribution >= 0.6 is 0 Å². The first-order valence-electron chi connectivity index (χ1n) is 20.2. The number of aromatic nitrogens is 5. The molecule has 0 radical (unpaired) electrons. The quantitative estimate of drug-likeness (QED) is 0.122. The number of amides is 4. The molecule has 10 rings (SSSR count). The van der Waals surface area contributed by atoms with Crippen LogP contribution in [-0.4, -0.2) is 102 Å². The molecule has 6 heterocycles. The van der Waals surface area contributed by atoms with Crippen LogP contribution < -0.4 is 15.4 Å². The number of fused-ring (bicyclic) bond motifs is 2. The van der Waals surface area contributed by atoms with Crippen molar-refractivity contribution in [3.8, 4) is 39.7 Å². The van der Waals surface area contributed by atoms with Crippen molar-refractivity contribution in [3.63, 3.8) is 0 Å². The number of imidazole rings is 2. The summed E-state index contributed by atoms with van der Waals surface area (Å²) in [7, 11) is 1.31. The van der Waals surface area contributed by atoms with E-state index >= 15 is 0 Å². The Morgan fingerprint density at radius 1 is 0.828 bits per heavy atom. The topological polar surface area (TPSA) is 200 Å². The lowest BCUT2D eigenvalue weighted by molar-refractivity contribution is -0.138. The zero-order valence-electron chi connectivity index (χ0n) is 32.1. The van der Waals surface area contributed by atoms with Crippen molar-refractivity contribution < 1.29 is 33.8 Å². The van der Waals surface area contributed by atoms with E-state index in [2.05, 4.69) is 31.2 Å². The van der Waals surface area contributed by atoms with Gasteiger partial charge in [0.25, 0.3) is 0 Å². The maximum Gasteiger partial charge on any atom is 0.407 e. The van der Waals surface area contributed by atoms with Crippen molar-refractivity contribution in [1.82, 2.24) is 44.9 Å². The zero-order chi connectivity index (χ0) is 39.7. The molecule has 5 aliphatic rings. The first kappa shape index (κ1) is 36.2. The summed E-state index contributed by atoms with van der Waals surface area (Å²) >= 11 is 0. The number of benzene rings is 2. The molecule has 3 aromatic heterocycles. The van der Waals surface area contributed by atoms with Crippen molar-refractivity contribution in [2.75, 3.05) is 26.8 Å². The van der Waals surface area contributed by atoms with Crippen LogP contribution in [0, 0.1) is 11.8 Å². The number of hydrogen-bond donors (Lipinski definition) is 5. The van der Waals surface area contributed by atoms with Crippen molar-refractivity contribution in [2.24, 2.45) is 11.8 Å². The molecular formula is C42H45N9O7. The molecular weight excluding hydrogens is 743 g/mol. The summed E-state index contributed by atoms with van der Waals surface area (Å²) in [6, 6.07) is 10.4. The number of rotatable bonds is 11. The molecule has 2 aromatic carbocycles. The van der Waals surface area contributed by atoms with E-state index in [1.165, 1.54) is 7.11 Å². The largest absolute Gasteiger partial charge is 0.453 e. The Labute approximate surface area is 333 Å². The number of carbonyl (C=O) groups is 4. The van der Waals surface area contributed by atoms with Gasteiger partial charge in [0.2, 0.25) is 17.7 Å². The average molecular weight is 788 g/mol. The highest BCUT2D eigenvalue weighted by Gasteiger charge is 2.44. The van der Waals surface area contributed by atoms with Crippen molar-refractivity contribution in [1.29, 1.82) is 0 Å². The van der Waals surface area contributed by atoms with Crippen LogP contribution in [0.15, 0.2) is 55.0 Å². The summed E-state index contributed by atoms with van der Waals surface area (Å²) in [5.41, 5.74) is 5.30. The lowest BCUT2D eigenvalue weighted by Crippen LogP contribution is -2.50. The smallest absolute Gasteiger partial charge is 0.407 e. The number of carbonyl (C=O) groups excluding carboxylic acids is 4. The van der Waals surface area contributed by atoms with Gasteiger partial charge in [0, 0.05) is 35.8 Å². The molecule has 5 aromatic rings. The fourth-order valence-corrected chi connectivity index (χ4v) is 9.14. The summed E-state index contributed by atoms with van der Waals surface area (Å²) in [4.78, 5) is 71.6. The van der Waals surface area contributed by atoms with Gasteiger partial charge < -0.3 is 49.5 Å². The number of H-pyrrole nitrogens is 2. The molecule has 0 spiro atoms. The minimum absolute atomic E-state index is 0.0965. The number of methoxy groups -OCH3 is 1. The highest BCUT2D eigenvalue weighted by Crippen LogP contribution is 2.46. The Bertz CT molecular complexity index is 2440. The fraction of sp³-hybridized carbons (Fsp3) is 0.429. The highest BCUT2D eigenvalue weighted by molar-refractivity contribution is 6.00. The number of hydrogen-bond acceptors (Lipinski definition) is 9. The van der Waals surface area contributed by atoms with Gasteiger partial charge in [-0.2, -0.15) is 0 Å². The number of aliphatic hydroxyl groups is 1. The van der Waals surface area contributed by atoms with Crippen LogP contribution in [0.4, 0.5) is 4.79 Å². The van der Waals surface area contributed by atoms with Gasteiger partial charge in [0.1, 0.15) is 30.3 Å². The maximum absolute atomic E-state index is 13.7.